The second-order valence-electron chi connectivity index (χ2n) is 4.00. The van der Waals surface area contributed by atoms with Crippen molar-refractivity contribution in [3.8, 4) is 5.75 Å². The Labute approximate surface area is 90.7 Å². The minimum atomic E-state index is 0.647. The quantitative estimate of drug-likeness (QED) is 0.763. The maximum absolute atomic E-state index is 5.54. The minimum Gasteiger partial charge on any atom is -0.493 e. The molecule has 1 aliphatic rings. The standard InChI is InChI=1S/C13H17NO/c1-10(9-14)2-3-11-4-5-13-12(8-11)6-7-15-13/h2,4-5,8H,3,6-7,9,14H2,1H3/b10-2-. The third-order valence-electron chi connectivity index (χ3n) is 2.76. The number of benzene rings is 1. The van der Waals surface area contributed by atoms with Crippen LogP contribution in [0.25, 0.3) is 0 Å². The van der Waals surface area contributed by atoms with Crippen molar-refractivity contribution < 1.29 is 4.74 Å². The Hall–Kier alpha value is -1.28. The highest BCUT2D eigenvalue weighted by atomic mass is 16.5. The van der Waals surface area contributed by atoms with E-state index < -0.39 is 0 Å². The fourth-order valence-corrected chi connectivity index (χ4v) is 1.74. The highest BCUT2D eigenvalue weighted by Gasteiger charge is 2.11. The molecule has 1 heterocycles. The van der Waals surface area contributed by atoms with Crippen molar-refractivity contribution in [1.82, 2.24) is 0 Å². The van der Waals surface area contributed by atoms with Crippen molar-refractivity contribution in [2.75, 3.05) is 13.2 Å². The monoisotopic (exact) mass is 203 g/mol. The molecule has 0 bridgehead atoms. The number of rotatable bonds is 3. The third-order valence-corrected chi connectivity index (χ3v) is 2.76. The van der Waals surface area contributed by atoms with E-state index in [1.165, 1.54) is 16.7 Å². The van der Waals surface area contributed by atoms with Gasteiger partial charge in [0.1, 0.15) is 5.75 Å². The predicted molar refractivity (Wildman–Crippen MR) is 62.2 cm³/mol. The molecule has 0 amide bonds. The second kappa shape index (κ2) is 4.49. The first-order chi connectivity index (χ1) is 7.29. The van der Waals surface area contributed by atoms with Crippen molar-refractivity contribution in [3.05, 3.63) is 41.0 Å². The number of allylic oxidation sites excluding steroid dienone is 1. The third kappa shape index (κ3) is 2.39. The van der Waals surface area contributed by atoms with Gasteiger partial charge in [0.2, 0.25) is 0 Å². The summed E-state index contributed by atoms with van der Waals surface area (Å²) in [6.07, 6.45) is 4.20. The van der Waals surface area contributed by atoms with Crippen LogP contribution in [0, 0.1) is 0 Å². The van der Waals surface area contributed by atoms with Crippen LogP contribution in [0.15, 0.2) is 29.8 Å². The molecule has 0 spiro atoms. The molecule has 0 atom stereocenters. The number of fused-ring (bicyclic) bond motifs is 1. The van der Waals surface area contributed by atoms with Gasteiger partial charge in [-0.2, -0.15) is 0 Å². The molecular weight excluding hydrogens is 186 g/mol. The predicted octanol–water partition coefficient (Wildman–Crippen LogP) is 2.07. The van der Waals surface area contributed by atoms with Gasteiger partial charge in [-0.15, -0.1) is 0 Å². The molecule has 2 N–H and O–H groups in total. The van der Waals surface area contributed by atoms with E-state index >= 15 is 0 Å². The molecule has 0 aliphatic carbocycles. The molecule has 2 rings (SSSR count). The second-order valence-corrected chi connectivity index (χ2v) is 4.00. The SMILES string of the molecule is C/C(=C/Cc1ccc2c(c1)CCO2)CN. The first kappa shape index (κ1) is 10.2. The maximum atomic E-state index is 5.54. The zero-order valence-corrected chi connectivity index (χ0v) is 9.12. The maximum Gasteiger partial charge on any atom is 0.122 e. The van der Waals surface area contributed by atoms with Gasteiger partial charge in [0, 0.05) is 13.0 Å². The summed E-state index contributed by atoms with van der Waals surface area (Å²) in [4.78, 5) is 0. The van der Waals surface area contributed by atoms with Crippen LogP contribution in [0.2, 0.25) is 0 Å². The molecule has 1 aromatic carbocycles. The van der Waals surface area contributed by atoms with Crippen molar-refractivity contribution in [1.29, 1.82) is 0 Å². The molecule has 0 radical (unpaired) electrons. The molecule has 2 heteroatoms. The van der Waals surface area contributed by atoms with E-state index in [1.54, 1.807) is 0 Å². The van der Waals surface area contributed by atoms with Crippen LogP contribution in [0.1, 0.15) is 18.1 Å². The van der Waals surface area contributed by atoms with Gasteiger partial charge in [0.05, 0.1) is 6.61 Å². The van der Waals surface area contributed by atoms with Crippen molar-refractivity contribution in [3.63, 3.8) is 0 Å². The largest absolute Gasteiger partial charge is 0.493 e. The van der Waals surface area contributed by atoms with Crippen LogP contribution in [0.4, 0.5) is 0 Å². The average Bonchev–Trinajstić information content (AvgIpc) is 2.72. The van der Waals surface area contributed by atoms with Crippen LogP contribution < -0.4 is 10.5 Å². The average molecular weight is 203 g/mol. The summed E-state index contributed by atoms with van der Waals surface area (Å²) in [7, 11) is 0. The van der Waals surface area contributed by atoms with Gasteiger partial charge in [-0.05, 0) is 30.5 Å². The van der Waals surface area contributed by atoms with Crippen molar-refractivity contribution in [2.45, 2.75) is 19.8 Å². The lowest BCUT2D eigenvalue weighted by molar-refractivity contribution is 0.357. The molecule has 0 unspecified atom stereocenters. The topological polar surface area (TPSA) is 35.2 Å². The Morgan fingerprint density at radius 1 is 1.53 bits per heavy atom. The first-order valence-corrected chi connectivity index (χ1v) is 5.40. The van der Waals surface area contributed by atoms with E-state index in [-0.39, 0.29) is 0 Å². The van der Waals surface area contributed by atoms with Gasteiger partial charge in [-0.3, -0.25) is 0 Å². The van der Waals surface area contributed by atoms with Gasteiger partial charge >= 0.3 is 0 Å². The molecule has 0 saturated carbocycles. The van der Waals surface area contributed by atoms with E-state index in [4.69, 9.17) is 10.5 Å². The Balaban J connectivity index is 2.10. The van der Waals surface area contributed by atoms with E-state index in [0.717, 1.165) is 25.2 Å². The van der Waals surface area contributed by atoms with Crippen molar-refractivity contribution >= 4 is 0 Å². The minimum absolute atomic E-state index is 0.647. The summed E-state index contributed by atoms with van der Waals surface area (Å²) < 4.78 is 5.46. The van der Waals surface area contributed by atoms with Crippen LogP contribution >= 0.6 is 0 Å². The Morgan fingerprint density at radius 3 is 3.20 bits per heavy atom. The molecule has 2 nitrogen and oxygen atoms in total. The normalized spacial score (nSPS) is 14.9. The molecule has 15 heavy (non-hydrogen) atoms. The highest BCUT2D eigenvalue weighted by molar-refractivity contribution is 5.40. The number of hydrogen-bond acceptors (Lipinski definition) is 2. The van der Waals surface area contributed by atoms with Gasteiger partial charge < -0.3 is 10.5 Å². The van der Waals surface area contributed by atoms with Crippen molar-refractivity contribution in [2.24, 2.45) is 5.73 Å². The van der Waals surface area contributed by atoms with Gasteiger partial charge in [-0.25, -0.2) is 0 Å². The van der Waals surface area contributed by atoms with Crippen LogP contribution in [0.3, 0.4) is 0 Å². The summed E-state index contributed by atoms with van der Waals surface area (Å²) >= 11 is 0. The molecule has 0 fully saturated rings. The summed E-state index contributed by atoms with van der Waals surface area (Å²) in [5, 5.41) is 0. The Bertz CT molecular complexity index is 382. The molecule has 0 aromatic heterocycles. The molecule has 0 saturated heterocycles. The molecule has 1 aromatic rings. The molecule has 1 aliphatic heterocycles. The summed E-state index contributed by atoms with van der Waals surface area (Å²) in [5.41, 5.74) is 9.46. The van der Waals surface area contributed by atoms with Gasteiger partial charge in [-0.1, -0.05) is 23.8 Å². The number of ether oxygens (including phenoxy) is 1. The number of hydrogen-bond donors (Lipinski definition) is 1. The Morgan fingerprint density at radius 2 is 2.40 bits per heavy atom. The van der Waals surface area contributed by atoms with Gasteiger partial charge in [0.25, 0.3) is 0 Å². The van der Waals surface area contributed by atoms with Gasteiger partial charge in [0.15, 0.2) is 0 Å². The molecule has 80 valence electrons. The van der Waals surface area contributed by atoms with E-state index in [1.807, 2.05) is 0 Å². The smallest absolute Gasteiger partial charge is 0.122 e. The zero-order chi connectivity index (χ0) is 10.7. The fourth-order valence-electron chi connectivity index (χ4n) is 1.74. The van der Waals surface area contributed by atoms with Crippen LogP contribution in [0.5, 0.6) is 5.75 Å². The summed E-state index contributed by atoms with van der Waals surface area (Å²) in [6, 6.07) is 6.44. The zero-order valence-electron chi connectivity index (χ0n) is 9.12. The lowest BCUT2D eigenvalue weighted by Gasteiger charge is -2.02. The fraction of sp³-hybridized carbons (Fsp3) is 0.385. The molecular formula is C13H17NO. The first-order valence-electron chi connectivity index (χ1n) is 5.40. The number of nitrogens with two attached hydrogens (primary N) is 1. The lowest BCUT2D eigenvalue weighted by Crippen LogP contribution is -2.00. The van der Waals surface area contributed by atoms with Crippen LogP contribution in [-0.2, 0) is 12.8 Å². The van der Waals surface area contributed by atoms with E-state index in [2.05, 4.69) is 31.2 Å². The van der Waals surface area contributed by atoms with E-state index in [0.29, 0.717) is 6.54 Å². The van der Waals surface area contributed by atoms with Crippen LogP contribution in [-0.4, -0.2) is 13.2 Å². The lowest BCUT2D eigenvalue weighted by atomic mass is 10.1. The highest BCUT2D eigenvalue weighted by Crippen LogP contribution is 2.26. The summed E-state index contributed by atoms with van der Waals surface area (Å²) in [5.74, 6) is 1.05. The van der Waals surface area contributed by atoms with E-state index in [9.17, 15) is 0 Å². The summed E-state index contributed by atoms with van der Waals surface area (Å²) in [6.45, 7) is 3.54. The Kier molecular flexibility index (Phi) is 3.07.